The molecule has 164 valence electrons. The number of hydrogen-bond donors (Lipinski definition) is 0. The Morgan fingerprint density at radius 1 is 0.677 bits per heavy atom. The predicted molar refractivity (Wildman–Crippen MR) is 98.4 cm³/mol. The summed E-state index contributed by atoms with van der Waals surface area (Å²) in [5.74, 6) is -0.386. The maximum atomic E-state index is 12.9. The van der Waals surface area contributed by atoms with E-state index in [-0.39, 0.29) is 35.6 Å². The zero-order chi connectivity index (χ0) is 22.6. The minimum Gasteiger partial charge on any atom is -0.493 e. The third-order valence-electron chi connectivity index (χ3n) is 3.83. The summed E-state index contributed by atoms with van der Waals surface area (Å²) >= 11 is 0. The Morgan fingerprint density at radius 3 is 1.52 bits per heavy atom. The van der Waals surface area contributed by atoms with E-state index in [4.69, 9.17) is 14.2 Å². The molecular formula is C21H15F6NO3. The summed E-state index contributed by atoms with van der Waals surface area (Å²) in [5.41, 5.74) is -1.82. The lowest BCUT2D eigenvalue weighted by molar-refractivity contribution is -0.138. The molecule has 0 bridgehead atoms. The molecule has 0 radical (unpaired) electrons. The lowest BCUT2D eigenvalue weighted by atomic mass is 10.2. The molecule has 0 unspecified atom stereocenters. The van der Waals surface area contributed by atoms with Gasteiger partial charge >= 0.3 is 12.4 Å². The van der Waals surface area contributed by atoms with Gasteiger partial charge in [-0.1, -0.05) is 12.1 Å². The van der Waals surface area contributed by atoms with Crippen molar-refractivity contribution in [1.82, 2.24) is 4.98 Å². The standard InChI is InChI=1S/C21H15F6NO3/c1-2-29-17-11-18(30-15-7-3-5-13(9-15)20(22,23)24)28-19(12-17)31-16-8-4-6-14(10-16)21(25,26)27/h3-12H,2H2,1H3. The fraction of sp³-hybridized carbons (Fsp3) is 0.190. The van der Waals surface area contributed by atoms with Gasteiger partial charge in [0.25, 0.3) is 0 Å². The van der Waals surface area contributed by atoms with Gasteiger partial charge in [0.2, 0.25) is 11.8 Å². The summed E-state index contributed by atoms with van der Waals surface area (Å²) in [6.45, 7) is 1.94. The smallest absolute Gasteiger partial charge is 0.416 e. The van der Waals surface area contributed by atoms with Crippen molar-refractivity contribution in [3.05, 3.63) is 71.8 Å². The topological polar surface area (TPSA) is 40.6 Å². The summed E-state index contributed by atoms with van der Waals surface area (Å²) in [4.78, 5) is 4.00. The van der Waals surface area contributed by atoms with Crippen molar-refractivity contribution < 1.29 is 40.6 Å². The maximum Gasteiger partial charge on any atom is 0.416 e. The van der Waals surface area contributed by atoms with Crippen LogP contribution in [0, 0.1) is 0 Å². The number of ether oxygens (including phenoxy) is 3. The van der Waals surface area contributed by atoms with Crippen molar-refractivity contribution in [3.8, 4) is 29.0 Å². The lowest BCUT2D eigenvalue weighted by Gasteiger charge is -2.13. The van der Waals surface area contributed by atoms with E-state index in [0.717, 1.165) is 24.3 Å². The SMILES string of the molecule is CCOc1cc(Oc2cccc(C(F)(F)F)c2)nc(Oc2cccc(C(F)(F)F)c2)c1. The van der Waals surface area contributed by atoms with Crippen LogP contribution >= 0.6 is 0 Å². The van der Waals surface area contributed by atoms with Crippen molar-refractivity contribution in [2.45, 2.75) is 19.3 Å². The predicted octanol–water partition coefficient (Wildman–Crippen LogP) is 7.10. The van der Waals surface area contributed by atoms with Gasteiger partial charge in [0.15, 0.2) is 0 Å². The second kappa shape index (κ2) is 8.75. The van der Waals surface area contributed by atoms with Gasteiger partial charge in [-0.2, -0.15) is 31.3 Å². The maximum absolute atomic E-state index is 12.9. The molecule has 0 spiro atoms. The number of nitrogens with zero attached hydrogens (tertiary/aromatic N) is 1. The van der Waals surface area contributed by atoms with Gasteiger partial charge in [-0.05, 0) is 43.3 Å². The van der Waals surface area contributed by atoms with Crippen LogP contribution in [0.5, 0.6) is 29.0 Å². The molecule has 4 nitrogen and oxygen atoms in total. The van der Waals surface area contributed by atoms with Crippen LogP contribution in [0.3, 0.4) is 0 Å². The average Bonchev–Trinajstić information content (AvgIpc) is 2.67. The number of rotatable bonds is 6. The quantitative estimate of drug-likeness (QED) is 0.381. The minimum absolute atomic E-state index is 0.138. The summed E-state index contributed by atoms with van der Waals surface area (Å²) in [5, 5.41) is 0. The molecule has 0 fully saturated rings. The van der Waals surface area contributed by atoms with Crippen molar-refractivity contribution >= 4 is 0 Å². The molecule has 10 heteroatoms. The van der Waals surface area contributed by atoms with Crippen molar-refractivity contribution in [3.63, 3.8) is 0 Å². The van der Waals surface area contributed by atoms with Gasteiger partial charge in [0.1, 0.15) is 17.2 Å². The third kappa shape index (κ3) is 6.03. The van der Waals surface area contributed by atoms with Crippen LogP contribution in [0.15, 0.2) is 60.7 Å². The van der Waals surface area contributed by atoms with E-state index >= 15 is 0 Å². The second-order valence-electron chi connectivity index (χ2n) is 6.17. The summed E-state index contributed by atoms with van der Waals surface area (Å²) in [6.07, 6.45) is -9.12. The van der Waals surface area contributed by atoms with Crippen LogP contribution in [0.4, 0.5) is 26.3 Å². The fourth-order valence-corrected chi connectivity index (χ4v) is 2.53. The molecule has 0 aliphatic heterocycles. The lowest BCUT2D eigenvalue weighted by Crippen LogP contribution is -2.05. The highest BCUT2D eigenvalue weighted by Crippen LogP contribution is 2.35. The highest BCUT2D eigenvalue weighted by atomic mass is 19.4. The first-order chi connectivity index (χ1) is 14.5. The molecule has 0 amide bonds. The monoisotopic (exact) mass is 443 g/mol. The van der Waals surface area contributed by atoms with Gasteiger partial charge < -0.3 is 14.2 Å². The first kappa shape index (κ1) is 22.3. The number of hydrogen-bond acceptors (Lipinski definition) is 4. The third-order valence-corrected chi connectivity index (χ3v) is 3.83. The van der Waals surface area contributed by atoms with E-state index in [1.807, 2.05) is 0 Å². The van der Waals surface area contributed by atoms with Crippen molar-refractivity contribution in [2.24, 2.45) is 0 Å². The molecule has 3 aromatic rings. The Hall–Kier alpha value is -3.43. The van der Waals surface area contributed by atoms with Crippen LogP contribution in [0.1, 0.15) is 18.1 Å². The number of pyridine rings is 1. The second-order valence-corrected chi connectivity index (χ2v) is 6.17. The van der Waals surface area contributed by atoms with Gasteiger partial charge in [-0.25, -0.2) is 0 Å². The number of alkyl halides is 6. The summed E-state index contributed by atoms with van der Waals surface area (Å²) < 4.78 is 93.6. The number of benzene rings is 2. The van der Waals surface area contributed by atoms with E-state index in [2.05, 4.69) is 4.98 Å². The molecule has 31 heavy (non-hydrogen) atoms. The van der Waals surface area contributed by atoms with Gasteiger partial charge in [-0.15, -0.1) is 0 Å². The average molecular weight is 443 g/mol. The highest BCUT2D eigenvalue weighted by molar-refractivity contribution is 5.40. The Morgan fingerprint density at radius 2 is 1.13 bits per heavy atom. The molecule has 1 heterocycles. The van der Waals surface area contributed by atoms with Crippen molar-refractivity contribution in [2.75, 3.05) is 6.61 Å². The molecule has 0 atom stereocenters. The normalized spacial score (nSPS) is 11.8. The summed E-state index contributed by atoms with van der Waals surface area (Å²) in [7, 11) is 0. The highest BCUT2D eigenvalue weighted by Gasteiger charge is 2.31. The van der Waals surface area contributed by atoms with Gasteiger partial charge in [0, 0.05) is 12.1 Å². The first-order valence-corrected chi connectivity index (χ1v) is 8.89. The van der Waals surface area contributed by atoms with E-state index in [9.17, 15) is 26.3 Å². The van der Waals surface area contributed by atoms with Crippen LogP contribution in [0.25, 0.3) is 0 Å². The Kier molecular flexibility index (Phi) is 6.28. The molecule has 0 aliphatic carbocycles. The fourth-order valence-electron chi connectivity index (χ4n) is 2.53. The molecule has 1 aromatic heterocycles. The minimum atomic E-state index is -4.56. The van der Waals surface area contributed by atoms with E-state index < -0.39 is 23.5 Å². The Balaban J connectivity index is 1.90. The zero-order valence-electron chi connectivity index (χ0n) is 15.9. The van der Waals surface area contributed by atoms with Crippen LogP contribution in [-0.4, -0.2) is 11.6 Å². The zero-order valence-corrected chi connectivity index (χ0v) is 15.9. The molecular weight excluding hydrogens is 428 g/mol. The molecule has 0 saturated heterocycles. The number of halogens is 6. The van der Waals surface area contributed by atoms with E-state index in [0.29, 0.717) is 0 Å². The van der Waals surface area contributed by atoms with Crippen molar-refractivity contribution in [1.29, 1.82) is 0 Å². The van der Waals surface area contributed by atoms with Gasteiger partial charge in [0.05, 0.1) is 17.7 Å². The summed E-state index contributed by atoms with van der Waals surface area (Å²) in [6, 6.07) is 11.0. The molecule has 3 rings (SSSR count). The molecule has 0 saturated carbocycles. The van der Waals surface area contributed by atoms with Crippen LogP contribution in [-0.2, 0) is 12.4 Å². The van der Waals surface area contributed by atoms with Crippen LogP contribution in [0.2, 0.25) is 0 Å². The molecule has 0 N–H and O–H groups in total. The van der Waals surface area contributed by atoms with Crippen LogP contribution < -0.4 is 14.2 Å². The first-order valence-electron chi connectivity index (χ1n) is 8.89. The molecule has 0 aliphatic rings. The molecule has 2 aromatic carbocycles. The van der Waals surface area contributed by atoms with E-state index in [1.54, 1.807) is 6.92 Å². The number of aromatic nitrogens is 1. The van der Waals surface area contributed by atoms with E-state index in [1.165, 1.54) is 36.4 Å². The Labute approximate surface area is 173 Å². The van der Waals surface area contributed by atoms with Gasteiger partial charge in [-0.3, -0.25) is 0 Å². The largest absolute Gasteiger partial charge is 0.493 e. The Bertz CT molecular complexity index is 972.